The first-order valence-electron chi connectivity index (χ1n) is 7.80. The molecule has 138 valence electrons. The summed E-state index contributed by atoms with van der Waals surface area (Å²) >= 11 is 0. The molecule has 0 aliphatic heterocycles. The van der Waals surface area contributed by atoms with Gasteiger partial charge in [0.1, 0.15) is 11.3 Å². The second-order valence-corrected chi connectivity index (χ2v) is 5.46. The Kier molecular flexibility index (Phi) is 5.02. The van der Waals surface area contributed by atoms with E-state index in [2.05, 4.69) is 14.7 Å². The van der Waals surface area contributed by atoms with E-state index >= 15 is 0 Å². The van der Waals surface area contributed by atoms with Gasteiger partial charge in [-0.05, 0) is 30.3 Å². The molecule has 0 bridgehead atoms. The predicted octanol–water partition coefficient (Wildman–Crippen LogP) is 1.42. The zero-order valence-corrected chi connectivity index (χ0v) is 14.2. The number of carbonyl (C=O) groups is 1. The van der Waals surface area contributed by atoms with E-state index in [9.17, 15) is 19.5 Å². The Bertz CT molecular complexity index is 1110. The molecule has 0 atom stereocenters. The maximum atomic E-state index is 12.0. The third kappa shape index (κ3) is 3.87. The van der Waals surface area contributed by atoms with E-state index in [0.29, 0.717) is 11.4 Å². The van der Waals surface area contributed by atoms with Crippen LogP contribution in [0.15, 0.2) is 61.7 Å². The van der Waals surface area contributed by atoms with Gasteiger partial charge >= 0.3 is 11.7 Å². The highest BCUT2D eigenvalue weighted by molar-refractivity contribution is 5.91. The van der Waals surface area contributed by atoms with Crippen LogP contribution < -0.4 is 11.2 Å². The molecule has 3 aromatic rings. The number of aromatic nitrogens is 2. The molecule has 0 saturated carbocycles. The maximum absolute atomic E-state index is 12.0. The van der Waals surface area contributed by atoms with Gasteiger partial charge in [0.25, 0.3) is 5.56 Å². The minimum Gasteiger partial charge on any atom is -0.494 e. The number of aliphatic imine (C=N–C) groups is 1. The third-order valence-corrected chi connectivity index (χ3v) is 3.71. The molecule has 0 amide bonds. The normalized spacial score (nSPS) is 11.0. The number of furan rings is 1. The lowest BCUT2D eigenvalue weighted by molar-refractivity contribution is 0.0600. The molecule has 0 fully saturated rings. The average Bonchev–Trinajstić information content (AvgIpc) is 3.17. The lowest BCUT2D eigenvalue weighted by Crippen LogP contribution is -2.32. The molecule has 0 spiro atoms. The van der Waals surface area contributed by atoms with Crippen LogP contribution >= 0.6 is 0 Å². The highest BCUT2D eigenvalue weighted by atomic mass is 16.5. The summed E-state index contributed by atoms with van der Waals surface area (Å²) in [6.07, 6.45) is 2.54. The van der Waals surface area contributed by atoms with Crippen LogP contribution in [0.5, 0.6) is 5.88 Å². The summed E-state index contributed by atoms with van der Waals surface area (Å²) in [5.41, 5.74) is -1.13. The van der Waals surface area contributed by atoms with Crippen molar-refractivity contribution in [2.45, 2.75) is 6.54 Å². The Hall–Kier alpha value is -3.88. The van der Waals surface area contributed by atoms with Crippen LogP contribution in [0.3, 0.4) is 0 Å². The summed E-state index contributed by atoms with van der Waals surface area (Å²) < 4.78 is 10.7. The van der Waals surface area contributed by atoms with Gasteiger partial charge in [-0.1, -0.05) is 6.07 Å². The van der Waals surface area contributed by atoms with Gasteiger partial charge in [-0.25, -0.2) is 9.59 Å². The predicted molar refractivity (Wildman–Crippen MR) is 95.8 cm³/mol. The molecule has 0 radical (unpaired) electrons. The van der Waals surface area contributed by atoms with E-state index in [0.717, 1.165) is 10.8 Å². The number of ether oxygens (including phenoxy) is 1. The van der Waals surface area contributed by atoms with E-state index < -0.39 is 23.1 Å². The van der Waals surface area contributed by atoms with Gasteiger partial charge in [0.15, 0.2) is 0 Å². The number of methoxy groups -OCH3 is 1. The van der Waals surface area contributed by atoms with Crippen molar-refractivity contribution in [2.75, 3.05) is 7.11 Å². The molecule has 0 aliphatic rings. The average molecular weight is 369 g/mol. The first-order valence-corrected chi connectivity index (χ1v) is 7.80. The van der Waals surface area contributed by atoms with Crippen LogP contribution in [-0.2, 0) is 11.3 Å². The Morgan fingerprint density at radius 2 is 2.15 bits per heavy atom. The monoisotopic (exact) mass is 369 g/mol. The number of aromatic hydroxyl groups is 1. The van der Waals surface area contributed by atoms with Gasteiger partial charge in [0.05, 0.1) is 31.2 Å². The van der Waals surface area contributed by atoms with E-state index in [4.69, 9.17) is 4.42 Å². The molecule has 0 unspecified atom stereocenters. The topological polar surface area (TPSA) is 127 Å². The van der Waals surface area contributed by atoms with Gasteiger partial charge in [-0.2, -0.15) is 0 Å². The molecule has 0 aliphatic carbocycles. The molecule has 9 nitrogen and oxygen atoms in total. The number of aromatic amines is 1. The zero-order chi connectivity index (χ0) is 19.4. The fourth-order valence-electron chi connectivity index (χ4n) is 2.37. The Morgan fingerprint density at radius 1 is 1.33 bits per heavy atom. The quantitative estimate of drug-likeness (QED) is 0.517. The van der Waals surface area contributed by atoms with Gasteiger partial charge in [-0.3, -0.25) is 19.3 Å². The molecule has 0 saturated heterocycles. The van der Waals surface area contributed by atoms with E-state index in [1.54, 1.807) is 30.3 Å². The van der Waals surface area contributed by atoms with Crippen LogP contribution in [0, 0.1) is 0 Å². The van der Waals surface area contributed by atoms with Crippen molar-refractivity contribution in [1.82, 2.24) is 9.55 Å². The SMILES string of the molecule is COC(=O)c1cccc(N=Cc2c(O)n(Cc3ccco3)c(=O)[nH]c2=O)c1. The molecule has 27 heavy (non-hydrogen) atoms. The lowest BCUT2D eigenvalue weighted by Gasteiger charge is -2.07. The molecule has 2 N–H and O–H groups in total. The second kappa shape index (κ2) is 7.56. The third-order valence-electron chi connectivity index (χ3n) is 3.71. The number of H-pyrrole nitrogens is 1. The van der Waals surface area contributed by atoms with Crippen LogP contribution in [0.25, 0.3) is 0 Å². The van der Waals surface area contributed by atoms with Crippen molar-refractivity contribution in [2.24, 2.45) is 4.99 Å². The first kappa shape index (κ1) is 17.9. The van der Waals surface area contributed by atoms with Gasteiger partial charge in [0.2, 0.25) is 5.88 Å². The number of rotatable bonds is 5. The number of benzene rings is 1. The fraction of sp³-hybridized carbons (Fsp3) is 0.111. The summed E-state index contributed by atoms with van der Waals surface area (Å²) in [5.74, 6) is -0.652. The standard InChI is InChI=1S/C18H15N3O6/c1-26-17(24)11-4-2-5-12(8-11)19-9-14-15(22)20-18(25)21(16(14)23)10-13-6-3-7-27-13/h2-9,23H,10H2,1H3,(H,20,22,25). The first-order chi connectivity index (χ1) is 13.0. The molecule has 2 aromatic heterocycles. The number of nitrogens with one attached hydrogen (secondary N) is 1. The summed E-state index contributed by atoms with van der Waals surface area (Å²) in [6.45, 7) is -0.0624. The minimum atomic E-state index is -0.791. The number of esters is 1. The summed E-state index contributed by atoms with van der Waals surface area (Å²) in [7, 11) is 1.26. The van der Waals surface area contributed by atoms with Crippen LogP contribution in [0.4, 0.5) is 5.69 Å². The van der Waals surface area contributed by atoms with Crippen molar-refractivity contribution >= 4 is 17.9 Å². The number of hydrogen-bond donors (Lipinski definition) is 2. The van der Waals surface area contributed by atoms with Gasteiger partial charge in [-0.15, -0.1) is 0 Å². The van der Waals surface area contributed by atoms with Crippen molar-refractivity contribution in [3.63, 3.8) is 0 Å². The van der Waals surface area contributed by atoms with Crippen LogP contribution in [0.2, 0.25) is 0 Å². The molecular formula is C18H15N3O6. The van der Waals surface area contributed by atoms with E-state index in [1.807, 2.05) is 0 Å². The number of carbonyl (C=O) groups excluding carboxylic acids is 1. The molecule has 9 heteroatoms. The van der Waals surface area contributed by atoms with Crippen molar-refractivity contribution in [3.05, 3.63) is 80.4 Å². The maximum Gasteiger partial charge on any atom is 0.337 e. The van der Waals surface area contributed by atoms with Crippen molar-refractivity contribution in [1.29, 1.82) is 0 Å². The summed E-state index contributed by atoms with van der Waals surface area (Å²) in [6, 6.07) is 9.49. The zero-order valence-electron chi connectivity index (χ0n) is 14.2. The van der Waals surface area contributed by atoms with E-state index in [-0.39, 0.29) is 17.7 Å². The number of nitrogens with zero attached hydrogens (tertiary/aromatic N) is 2. The van der Waals surface area contributed by atoms with Crippen molar-refractivity contribution < 1.29 is 19.1 Å². The van der Waals surface area contributed by atoms with Crippen LogP contribution in [-0.4, -0.2) is 34.0 Å². The lowest BCUT2D eigenvalue weighted by atomic mass is 10.2. The van der Waals surface area contributed by atoms with E-state index in [1.165, 1.54) is 19.4 Å². The van der Waals surface area contributed by atoms with Gasteiger partial charge < -0.3 is 14.3 Å². The van der Waals surface area contributed by atoms with Crippen molar-refractivity contribution in [3.8, 4) is 5.88 Å². The number of hydrogen-bond acceptors (Lipinski definition) is 7. The second-order valence-electron chi connectivity index (χ2n) is 5.46. The Morgan fingerprint density at radius 3 is 2.85 bits per heavy atom. The minimum absolute atomic E-state index is 0.0624. The Labute approximate surface area is 152 Å². The smallest absolute Gasteiger partial charge is 0.337 e. The highest BCUT2D eigenvalue weighted by Gasteiger charge is 2.14. The molecular weight excluding hydrogens is 354 g/mol. The van der Waals surface area contributed by atoms with Gasteiger partial charge in [0, 0.05) is 6.21 Å². The summed E-state index contributed by atoms with van der Waals surface area (Å²) in [5, 5.41) is 10.3. The Balaban J connectivity index is 1.97. The van der Waals surface area contributed by atoms with Crippen LogP contribution in [0.1, 0.15) is 21.7 Å². The fourth-order valence-corrected chi connectivity index (χ4v) is 2.37. The molecule has 1 aromatic carbocycles. The molecule has 2 heterocycles. The highest BCUT2D eigenvalue weighted by Crippen LogP contribution is 2.16. The summed E-state index contributed by atoms with van der Waals surface area (Å²) in [4.78, 5) is 41.8. The molecule has 3 rings (SSSR count). The largest absolute Gasteiger partial charge is 0.494 e.